The molecule has 0 saturated carbocycles. The lowest BCUT2D eigenvalue weighted by molar-refractivity contribution is -0.121. The van der Waals surface area contributed by atoms with Crippen LogP contribution in [0.2, 0.25) is 0 Å². The first-order valence-electron chi connectivity index (χ1n) is 14.5. The number of carbonyl (C=O) groups excluding carboxylic acids is 3. The first kappa shape index (κ1) is 30.1. The Bertz CT molecular complexity index is 1890. The van der Waals surface area contributed by atoms with Crippen molar-refractivity contribution >= 4 is 68.7 Å². The molecule has 0 bridgehead atoms. The number of hydrogen-bond donors (Lipinski definition) is 0. The normalized spacial score (nSPS) is 13.4. The van der Waals surface area contributed by atoms with Crippen molar-refractivity contribution < 1.29 is 23.9 Å². The molecule has 0 atom stereocenters. The van der Waals surface area contributed by atoms with Crippen LogP contribution >= 0.6 is 22.6 Å². The van der Waals surface area contributed by atoms with Gasteiger partial charge in [-0.1, -0.05) is 72.8 Å². The summed E-state index contributed by atoms with van der Waals surface area (Å²) in [6.07, 6.45) is 1.51. The van der Waals surface area contributed by atoms with Gasteiger partial charge in [0.25, 0.3) is 11.8 Å². The molecule has 0 radical (unpaired) electrons. The van der Waals surface area contributed by atoms with Gasteiger partial charge in [-0.25, -0.2) is 14.6 Å². The molecule has 1 aliphatic heterocycles. The average Bonchev–Trinajstić information content (AvgIpc) is 3.05. The Hall–Kier alpha value is -4.96. The number of halogens is 1. The standard InChI is InChI=1S/C37H29IN2O5/c1-3-44-33-22-25(21-32(38)34(33)45-23-31-24(2)18-19-26-12-10-11-17-29(26)31)20-30-35(41)39(27-13-6-4-7-14-27)37(43)40(36(30)42)28-15-8-5-9-16-28/h4-22H,3,23H2,1-2H3. The van der Waals surface area contributed by atoms with Crippen LogP contribution < -0.4 is 19.3 Å². The lowest BCUT2D eigenvalue weighted by Crippen LogP contribution is -2.57. The Morgan fingerprint density at radius 3 is 1.96 bits per heavy atom. The van der Waals surface area contributed by atoms with E-state index in [-0.39, 0.29) is 5.57 Å². The molecule has 0 aromatic heterocycles. The molecule has 1 saturated heterocycles. The lowest BCUT2D eigenvalue weighted by atomic mass is 10.0. The minimum atomic E-state index is -0.739. The van der Waals surface area contributed by atoms with Crippen LogP contribution in [0, 0.1) is 10.5 Å². The molecule has 1 heterocycles. The quantitative estimate of drug-likeness (QED) is 0.0921. The average molecular weight is 709 g/mol. The van der Waals surface area contributed by atoms with Gasteiger partial charge in [0.05, 0.1) is 21.6 Å². The highest BCUT2D eigenvalue weighted by molar-refractivity contribution is 14.1. The fourth-order valence-corrected chi connectivity index (χ4v) is 6.14. The van der Waals surface area contributed by atoms with Crippen LogP contribution in [0.25, 0.3) is 16.8 Å². The minimum Gasteiger partial charge on any atom is -0.490 e. The van der Waals surface area contributed by atoms with E-state index in [1.54, 1.807) is 66.7 Å². The van der Waals surface area contributed by atoms with Crippen molar-refractivity contribution in [3.05, 3.63) is 135 Å². The molecule has 4 amide bonds. The maximum Gasteiger partial charge on any atom is 0.343 e. The molecule has 1 fully saturated rings. The van der Waals surface area contributed by atoms with Crippen LogP contribution in [0.15, 0.2) is 115 Å². The zero-order valence-electron chi connectivity index (χ0n) is 24.7. The maximum atomic E-state index is 13.8. The number of aryl methyl sites for hydroxylation is 1. The number of rotatable bonds is 8. The van der Waals surface area contributed by atoms with Gasteiger partial charge in [-0.3, -0.25) is 9.59 Å². The van der Waals surface area contributed by atoms with Crippen molar-refractivity contribution in [2.45, 2.75) is 20.5 Å². The van der Waals surface area contributed by atoms with Gasteiger partial charge in [0.1, 0.15) is 12.2 Å². The van der Waals surface area contributed by atoms with Gasteiger partial charge in [-0.2, -0.15) is 0 Å². The molecular weight excluding hydrogens is 679 g/mol. The topological polar surface area (TPSA) is 76.2 Å². The number of para-hydroxylation sites is 2. The van der Waals surface area contributed by atoms with Gasteiger partial charge in [-0.15, -0.1) is 0 Å². The van der Waals surface area contributed by atoms with Gasteiger partial charge < -0.3 is 9.47 Å². The number of amides is 4. The fourth-order valence-electron chi connectivity index (χ4n) is 5.36. The van der Waals surface area contributed by atoms with E-state index in [1.165, 1.54) is 6.08 Å². The molecule has 6 rings (SSSR count). The second-order valence-electron chi connectivity index (χ2n) is 10.4. The zero-order chi connectivity index (χ0) is 31.5. The third-order valence-electron chi connectivity index (χ3n) is 7.56. The summed E-state index contributed by atoms with van der Waals surface area (Å²) in [7, 11) is 0. The number of anilines is 2. The van der Waals surface area contributed by atoms with Crippen LogP contribution in [0.4, 0.5) is 16.2 Å². The highest BCUT2D eigenvalue weighted by Crippen LogP contribution is 2.37. The number of ether oxygens (including phenoxy) is 2. The third kappa shape index (κ3) is 5.93. The number of hydrogen-bond acceptors (Lipinski definition) is 5. The molecule has 1 aliphatic rings. The second-order valence-corrected chi connectivity index (χ2v) is 11.6. The van der Waals surface area contributed by atoms with Gasteiger partial charge in [0, 0.05) is 5.56 Å². The molecule has 5 aromatic rings. The van der Waals surface area contributed by atoms with Gasteiger partial charge in [-0.05, 0) is 101 Å². The fraction of sp³-hybridized carbons (Fsp3) is 0.108. The molecule has 0 N–H and O–H groups in total. The van der Waals surface area contributed by atoms with Crippen molar-refractivity contribution in [1.82, 2.24) is 0 Å². The van der Waals surface area contributed by atoms with E-state index < -0.39 is 17.8 Å². The summed E-state index contributed by atoms with van der Waals surface area (Å²) in [5, 5.41) is 2.26. The van der Waals surface area contributed by atoms with Crippen LogP contribution in [-0.4, -0.2) is 24.5 Å². The van der Waals surface area contributed by atoms with Gasteiger partial charge >= 0.3 is 6.03 Å². The summed E-state index contributed by atoms with van der Waals surface area (Å²) in [6, 6.07) is 32.4. The van der Waals surface area contributed by atoms with E-state index in [9.17, 15) is 14.4 Å². The van der Waals surface area contributed by atoms with Crippen molar-refractivity contribution in [2.75, 3.05) is 16.4 Å². The summed E-state index contributed by atoms with van der Waals surface area (Å²) in [5.41, 5.74) is 3.34. The summed E-state index contributed by atoms with van der Waals surface area (Å²) in [6.45, 7) is 4.66. The monoisotopic (exact) mass is 708 g/mol. The molecule has 45 heavy (non-hydrogen) atoms. The molecule has 0 unspecified atom stereocenters. The molecule has 0 spiro atoms. The number of nitrogens with zero attached hydrogens (tertiary/aromatic N) is 2. The number of urea groups is 1. The summed E-state index contributed by atoms with van der Waals surface area (Å²) in [4.78, 5) is 43.3. The van der Waals surface area contributed by atoms with Crippen LogP contribution in [0.5, 0.6) is 11.5 Å². The van der Waals surface area contributed by atoms with E-state index in [2.05, 4.69) is 53.8 Å². The molecule has 7 nitrogen and oxygen atoms in total. The zero-order valence-corrected chi connectivity index (χ0v) is 26.9. The van der Waals surface area contributed by atoms with E-state index in [1.807, 2.05) is 25.1 Å². The van der Waals surface area contributed by atoms with Crippen molar-refractivity contribution in [1.29, 1.82) is 0 Å². The number of benzene rings is 5. The largest absolute Gasteiger partial charge is 0.490 e. The number of carbonyl (C=O) groups is 3. The first-order valence-corrected chi connectivity index (χ1v) is 15.6. The Morgan fingerprint density at radius 2 is 1.33 bits per heavy atom. The van der Waals surface area contributed by atoms with Crippen molar-refractivity contribution in [3.8, 4) is 11.5 Å². The Kier molecular flexibility index (Phi) is 8.66. The number of barbiturate groups is 1. The summed E-state index contributed by atoms with van der Waals surface area (Å²) < 4.78 is 13.1. The van der Waals surface area contributed by atoms with Crippen LogP contribution in [0.1, 0.15) is 23.6 Å². The Morgan fingerprint density at radius 1 is 0.733 bits per heavy atom. The molecule has 224 valence electrons. The van der Waals surface area contributed by atoms with Crippen LogP contribution in [-0.2, 0) is 16.2 Å². The second kappa shape index (κ2) is 13.0. The number of imide groups is 2. The predicted octanol–water partition coefficient (Wildman–Crippen LogP) is 8.31. The summed E-state index contributed by atoms with van der Waals surface area (Å²) >= 11 is 2.18. The molecule has 5 aromatic carbocycles. The lowest BCUT2D eigenvalue weighted by Gasteiger charge is -2.34. The van der Waals surface area contributed by atoms with Crippen molar-refractivity contribution in [3.63, 3.8) is 0 Å². The van der Waals surface area contributed by atoms with E-state index in [0.717, 1.165) is 35.3 Å². The SMILES string of the molecule is CCOc1cc(C=C2C(=O)N(c3ccccc3)C(=O)N(c3ccccc3)C2=O)cc(I)c1OCc1c(C)ccc2ccccc12. The van der Waals surface area contributed by atoms with E-state index in [4.69, 9.17) is 9.47 Å². The summed E-state index contributed by atoms with van der Waals surface area (Å²) in [5.74, 6) is -0.354. The predicted molar refractivity (Wildman–Crippen MR) is 185 cm³/mol. The van der Waals surface area contributed by atoms with E-state index >= 15 is 0 Å². The Balaban J connectivity index is 1.39. The van der Waals surface area contributed by atoms with Gasteiger partial charge in [0.15, 0.2) is 11.5 Å². The minimum absolute atomic E-state index is 0.152. The Labute approximate surface area is 274 Å². The van der Waals surface area contributed by atoms with Crippen molar-refractivity contribution in [2.24, 2.45) is 0 Å². The van der Waals surface area contributed by atoms with E-state index in [0.29, 0.717) is 41.7 Å². The highest BCUT2D eigenvalue weighted by atomic mass is 127. The molecular formula is C37H29IN2O5. The molecule has 8 heteroatoms. The highest BCUT2D eigenvalue weighted by Gasteiger charge is 2.43. The smallest absolute Gasteiger partial charge is 0.343 e. The first-order chi connectivity index (χ1) is 21.9. The van der Waals surface area contributed by atoms with Crippen LogP contribution in [0.3, 0.4) is 0 Å². The third-order valence-corrected chi connectivity index (χ3v) is 8.36. The van der Waals surface area contributed by atoms with Gasteiger partial charge in [0.2, 0.25) is 0 Å². The number of fused-ring (bicyclic) bond motifs is 1. The maximum absolute atomic E-state index is 13.8. The molecule has 0 aliphatic carbocycles.